The van der Waals surface area contributed by atoms with E-state index in [1.54, 1.807) is 11.4 Å². The summed E-state index contributed by atoms with van der Waals surface area (Å²) >= 11 is 0. The first-order valence-electron chi connectivity index (χ1n) is 6.50. The molecule has 0 unspecified atom stereocenters. The summed E-state index contributed by atoms with van der Waals surface area (Å²) in [6.45, 7) is 1.94. The van der Waals surface area contributed by atoms with Crippen molar-refractivity contribution in [3.63, 3.8) is 0 Å². The minimum Gasteiger partial charge on any atom is -0.429 e. The molecule has 2 rings (SSSR count). The second-order valence-corrected chi connectivity index (χ2v) is 4.94. The molecule has 1 heterocycles. The molecule has 0 aromatic heterocycles. The third kappa shape index (κ3) is 2.60. The van der Waals surface area contributed by atoms with E-state index in [4.69, 9.17) is 0 Å². The molecule has 23 heavy (non-hydrogen) atoms. The number of esters is 1. The summed E-state index contributed by atoms with van der Waals surface area (Å²) < 4.78 is 45.4. The lowest BCUT2D eigenvalue weighted by Crippen LogP contribution is -2.64. The van der Waals surface area contributed by atoms with Crippen LogP contribution >= 0.6 is 0 Å². The van der Waals surface area contributed by atoms with Crippen LogP contribution < -0.4 is 5.32 Å². The van der Waals surface area contributed by atoms with Crippen molar-refractivity contribution in [2.75, 3.05) is 0 Å². The van der Waals surface area contributed by atoms with E-state index in [-0.39, 0.29) is 5.56 Å². The van der Waals surface area contributed by atoms with Crippen LogP contribution in [0.25, 0.3) is 0 Å². The summed E-state index contributed by atoms with van der Waals surface area (Å²) in [5.41, 5.74) is -4.51. The molecule has 0 spiro atoms. The van der Waals surface area contributed by atoms with E-state index in [0.29, 0.717) is 0 Å². The van der Waals surface area contributed by atoms with Gasteiger partial charge < -0.3 is 10.1 Å². The molecule has 0 fully saturated rings. The molecule has 1 aliphatic heterocycles. The Morgan fingerprint density at radius 1 is 1.17 bits per heavy atom. The average Bonchev–Trinajstić information content (AvgIpc) is 2.71. The van der Waals surface area contributed by atoms with E-state index >= 15 is 0 Å². The van der Waals surface area contributed by atoms with E-state index in [1.165, 1.54) is 24.3 Å². The number of halogens is 3. The number of benzene rings is 1. The molecule has 1 aliphatic rings. The lowest BCUT2D eigenvalue weighted by molar-refractivity contribution is -0.195. The van der Waals surface area contributed by atoms with Crippen LogP contribution in [0.3, 0.4) is 0 Å². The van der Waals surface area contributed by atoms with Gasteiger partial charge in [0.15, 0.2) is 5.78 Å². The normalized spacial score (nSPS) is 21.2. The largest absolute Gasteiger partial charge is 0.429 e. The second-order valence-electron chi connectivity index (χ2n) is 4.94. The maximum atomic E-state index is 13.6. The number of cyclic esters (lactones) is 1. The molecule has 0 saturated carbocycles. The molecule has 5 nitrogen and oxygen atoms in total. The Morgan fingerprint density at radius 2 is 1.74 bits per heavy atom. The van der Waals surface area contributed by atoms with Gasteiger partial charge in [0.2, 0.25) is 0 Å². The summed E-state index contributed by atoms with van der Waals surface area (Å²) in [5, 5.41) is 1.64. The van der Waals surface area contributed by atoms with Crippen molar-refractivity contribution in [1.82, 2.24) is 5.32 Å². The number of carbonyl (C=O) groups excluding carboxylic acids is 3. The van der Waals surface area contributed by atoms with Crippen molar-refractivity contribution in [3.8, 4) is 0 Å². The van der Waals surface area contributed by atoms with Gasteiger partial charge in [0, 0.05) is 5.56 Å². The molecular formula is C15H12F3NO4. The summed E-state index contributed by atoms with van der Waals surface area (Å²) in [6.07, 6.45) is -5.24. The highest BCUT2D eigenvalue weighted by Crippen LogP contribution is 2.43. The van der Waals surface area contributed by atoms with Crippen molar-refractivity contribution in [2.45, 2.75) is 25.6 Å². The highest BCUT2D eigenvalue weighted by Gasteiger charge is 2.69. The first-order valence-corrected chi connectivity index (χ1v) is 6.50. The van der Waals surface area contributed by atoms with Crippen molar-refractivity contribution in [2.24, 2.45) is 0 Å². The fourth-order valence-corrected chi connectivity index (χ4v) is 2.42. The molecule has 1 amide bonds. The zero-order chi connectivity index (χ0) is 17.4. The van der Waals surface area contributed by atoms with Crippen LogP contribution in [-0.2, 0) is 14.3 Å². The van der Waals surface area contributed by atoms with Gasteiger partial charge in [0.05, 0.1) is 5.57 Å². The predicted molar refractivity (Wildman–Crippen MR) is 72.2 cm³/mol. The quantitative estimate of drug-likeness (QED) is 0.863. The number of hydrogen-bond donors (Lipinski definition) is 1. The monoisotopic (exact) mass is 327 g/mol. The van der Waals surface area contributed by atoms with Gasteiger partial charge in [-0.15, -0.1) is 0 Å². The highest BCUT2D eigenvalue weighted by atomic mass is 19.4. The van der Waals surface area contributed by atoms with Gasteiger partial charge in [-0.3, -0.25) is 9.59 Å². The fourth-order valence-electron chi connectivity index (χ4n) is 2.42. The Bertz CT molecular complexity index is 709. The van der Waals surface area contributed by atoms with E-state index in [2.05, 4.69) is 4.74 Å². The van der Waals surface area contributed by atoms with Gasteiger partial charge in [-0.2, -0.15) is 13.2 Å². The van der Waals surface area contributed by atoms with Crippen molar-refractivity contribution in [3.05, 3.63) is 47.2 Å². The number of ether oxygens (including phenoxy) is 1. The van der Waals surface area contributed by atoms with Gasteiger partial charge in [-0.05, 0) is 26.0 Å². The second kappa shape index (κ2) is 5.53. The SMILES string of the molecule is CC(=O)C1=C(C)OC(=O)[C@@]1(NC(=O)c1ccccc1)C(F)(F)F. The van der Waals surface area contributed by atoms with Gasteiger partial charge in [-0.1, -0.05) is 18.2 Å². The molecule has 0 bridgehead atoms. The summed E-state index contributed by atoms with van der Waals surface area (Å²) in [4.78, 5) is 35.6. The van der Waals surface area contributed by atoms with Crippen LogP contribution in [-0.4, -0.2) is 29.4 Å². The van der Waals surface area contributed by atoms with E-state index in [9.17, 15) is 27.6 Å². The molecular weight excluding hydrogens is 315 g/mol. The zero-order valence-corrected chi connectivity index (χ0v) is 12.2. The number of alkyl halides is 3. The van der Waals surface area contributed by atoms with Crippen molar-refractivity contribution in [1.29, 1.82) is 0 Å². The number of amides is 1. The number of ketones is 1. The molecule has 0 aliphatic carbocycles. The number of hydrogen-bond acceptors (Lipinski definition) is 4. The summed E-state index contributed by atoms with van der Waals surface area (Å²) in [5.74, 6) is -4.39. The number of rotatable bonds is 3. The van der Waals surface area contributed by atoms with Gasteiger partial charge >= 0.3 is 12.1 Å². The topological polar surface area (TPSA) is 72.5 Å². The first-order chi connectivity index (χ1) is 10.6. The maximum Gasteiger partial charge on any atom is 0.427 e. The molecule has 0 saturated heterocycles. The van der Waals surface area contributed by atoms with E-state index in [0.717, 1.165) is 13.8 Å². The number of nitrogens with one attached hydrogen (secondary N) is 1. The minimum atomic E-state index is -5.24. The molecule has 0 radical (unpaired) electrons. The number of Topliss-reactive ketones (excluding diaryl/α,β-unsaturated/α-hetero) is 1. The van der Waals surface area contributed by atoms with Crippen LogP contribution in [0, 0.1) is 0 Å². The molecule has 8 heteroatoms. The fraction of sp³-hybridized carbons (Fsp3) is 0.267. The molecule has 1 atom stereocenters. The van der Waals surface area contributed by atoms with Crippen LogP contribution in [0.15, 0.2) is 41.7 Å². The third-order valence-electron chi connectivity index (χ3n) is 3.39. The molecule has 1 aromatic carbocycles. The lowest BCUT2D eigenvalue weighted by atomic mass is 9.86. The Kier molecular flexibility index (Phi) is 4.02. The van der Waals surface area contributed by atoms with Gasteiger partial charge in [0.1, 0.15) is 5.76 Å². The number of allylic oxidation sites excluding steroid dienone is 1. The third-order valence-corrected chi connectivity index (χ3v) is 3.39. The van der Waals surface area contributed by atoms with E-state index in [1.807, 2.05) is 0 Å². The van der Waals surface area contributed by atoms with Crippen molar-refractivity contribution < 1.29 is 32.3 Å². The van der Waals surface area contributed by atoms with Crippen LogP contribution in [0.2, 0.25) is 0 Å². The summed E-state index contributed by atoms with van der Waals surface area (Å²) in [6, 6.07) is 7.04. The Labute approximate surface area is 129 Å². The standard InChI is InChI=1S/C15H12F3NO4/c1-8(20)11-9(2)23-13(22)14(11,15(16,17)18)19-12(21)10-6-4-3-5-7-10/h3-7H,1-2H3,(H,19,21)/t14-/m1/s1. The Hall–Kier alpha value is -2.64. The number of carbonyl (C=O) groups is 3. The first kappa shape index (κ1) is 16.7. The minimum absolute atomic E-state index is 0.0867. The summed E-state index contributed by atoms with van der Waals surface area (Å²) in [7, 11) is 0. The van der Waals surface area contributed by atoms with Crippen molar-refractivity contribution >= 4 is 17.7 Å². The smallest absolute Gasteiger partial charge is 0.427 e. The molecule has 1 aromatic rings. The van der Waals surface area contributed by atoms with Crippen LogP contribution in [0.5, 0.6) is 0 Å². The predicted octanol–water partition coefficient (Wildman–Crippen LogP) is 2.14. The average molecular weight is 327 g/mol. The zero-order valence-electron chi connectivity index (χ0n) is 12.2. The highest BCUT2D eigenvalue weighted by molar-refractivity contribution is 6.10. The molecule has 122 valence electrons. The van der Waals surface area contributed by atoms with Crippen LogP contribution in [0.1, 0.15) is 24.2 Å². The van der Waals surface area contributed by atoms with Gasteiger partial charge in [0.25, 0.3) is 11.4 Å². The molecule has 1 N–H and O–H groups in total. The van der Waals surface area contributed by atoms with Gasteiger partial charge in [-0.25, -0.2) is 4.79 Å². The lowest BCUT2D eigenvalue weighted by Gasteiger charge is -2.30. The Morgan fingerprint density at radius 3 is 2.22 bits per heavy atom. The maximum absolute atomic E-state index is 13.6. The van der Waals surface area contributed by atoms with E-state index < -0.39 is 40.7 Å². The Balaban J connectivity index is 2.56. The van der Waals surface area contributed by atoms with Crippen LogP contribution in [0.4, 0.5) is 13.2 Å².